The highest BCUT2D eigenvalue weighted by Crippen LogP contribution is 2.50. The molecule has 6 heteroatoms. The summed E-state index contributed by atoms with van der Waals surface area (Å²) in [7, 11) is 1.21. The maximum Gasteiger partial charge on any atom is 0.338 e. The number of methoxy groups -OCH3 is 1. The van der Waals surface area contributed by atoms with Gasteiger partial charge in [0.05, 0.1) is 24.4 Å². The highest BCUT2D eigenvalue weighted by molar-refractivity contribution is 7.10. The number of thiophene rings is 1. The standard InChI is InChI=1S/C16H11FN2O2S/c1-21-15(20)13-14(19)12-9(4-2-5-10(12)17)16(13,8-18)11-6-3-7-22-11/h2-7H,19H2,1H3/t16-/m0/s1. The molecule has 1 heterocycles. The third-order valence-electron chi connectivity index (χ3n) is 3.78. The van der Waals surface area contributed by atoms with Gasteiger partial charge in [0.25, 0.3) is 0 Å². The number of carbonyl (C=O) groups excluding carboxylic acids is 1. The molecule has 0 aliphatic heterocycles. The molecule has 110 valence electrons. The number of nitriles is 1. The summed E-state index contributed by atoms with van der Waals surface area (Å²) in [6.45, 7) is 0. The van der Waals surface area contributed by atoms with Crippen molar-refractivity contribution < 1.29 is 13.9 Å². The summed E-state index contributed by atoms with van der Waals surface area (Å²) in [5.74, 6) is -1.30. The van der Waals surface area contributed by atoms with E-state index in [4.69, 9.17) is 10.5 Å². The van der Waals surface area contributed by atoms with Crippen LogP contribution in [-0.2, 0) is 14.9 Å². The molecule has 0 amide bonds. The molecule has 1 aromatic heterocycles. The second-order valence-corrected chi connectivity index (χ2v) is 5.73. The number of nitrogens with zero attached hydrogens (tertiary/aromatic N) is 1. The zero-order chi connectivity index (χ0) is 15.9. The summed E-state index contributed by atoms with van der Waals surface area (Å²) in [4.78, 5) is 12.8. The van der Waals surface area contributed by atoms with Crippen LogP contribution in [0.1, 0.15) is 16.0 Å². The Morgan fingerprint density at radius 3 is 2.77 bits per heavy atom. The molecular formula is C16H11FN2O2S. The van der Waals surface area contributed by atoms with Gasteiger partial charge in [-0.15, -0.1) is 11.3 Å². The molecule has 3 rings (SSSR count). The number of benzene rings is 1. The van der Waals surface area contributed by atoms with E-state index in [9.17, 15) is 14.4 Å². The molecule has 22 heavy (non-hydrogen) atoms. The smallest absolute Gasteiger partial charge is 0.338 e. The van der Waals surface area contributed by atoms with Crippen LogP contribution < -0.4 is 5.73 Å². The SMILES string of the molecule is COC(=O)C1=C(N)c2c(F)cccc2[C@@]1(C#N)c1cccs1. The molecule has 0 unspecified atom stereocenters. The molecule has 1 aliphatic rings. The van der Waals surface area contributed by atoms with Gasteiger partial charge in [-0.2, -0.15) is 5.26 Å². The number of halogens is 1. The first-order chi connectivity index (χ1) is 10.6. The number of hydrogen-bond donors (Lipinski definition) is 1. The Morgan fingerprint density at radius 2 is 2.18 bits per heavy atom. The fourth-order valence-electron chi connectivity index (χ4n) is 2.86. The highest BCUT2D eigenvalue weighted by Gasteiger charge is 2.52. The van der Waals surface area contributed by atoms with Crippen molar-refractivity contribution in [2.24, 2.45) is 5.73 Å². The third-order valence-corrected chi connectivity index (χ3v) is 4.77. The Bertz CT molecular complexity index is 836. The second kappa shape index (κ2) is 4.97. The zero-order valence-corrected chi connectivity index (χ0v) is 12.4. The lowest BCUT2D eigenvalue weighted by atomic mass is 9.77. The van der Waals surface area contributed by atoms with Crippen LogP contribution in [0.15, 0.2) is 41.3 Å². The maximum absolute atomic E-state index is 14.2. The summed E-state index contributed by atoms with van der Waals surface area (Å²) in [6, 6.07) is 10.0. The Kier molecular flexibility index (Phi) is 3.23. The lowest BCUT2D eigenvalue weighted by Crippen LogP contribution is -2.30. The molecule has 1 atom stereocenters. The van der Waals surface area contributed by atoms with Crippen molar-refractivity contribution in [3.8, 4) is 6.07 Å². The van der Waals surface area contributed by atoms with Gasteiger partial charge in [0, 0.05) is 10.4 Å². The summed E-state index contributed by atoms with van der Waals surface area (Å²) < 4.78 is 19.0. The Labute approximate surface area is 130 Å². The van der Waals surface area contributed by atoms with E-state index < -0.39 is 17.2 Å². The van der Waals surface area contributed by atoms with Crippen LogP contribution in [-0.4, -0.2) is 13.1 Å². The third kappa shape index (κ3) is 1.63. The van der Waals surface area contributed by atoms with Crippen LogP contribution in [0.3, 0.4) is 0 Å². The van der Waals surface area contributed by atoms with E-state index in [1.165, 1.54) is 30.6 Å². The lowest BCUT2D eigenvalue weighted by Gasteiger charge is -2.23. The Morgan fingerprint density at radius 1 is 1.41 bits per heavy atom. The average Bonchev–Trinajstić information content (AvgIpc) is 3.13. The van der Waals surface area contributed by atoms with E-state index in [1.54, 1.807) is 23.6 Å². The monoisotopic (exact) mass is 314 g/mol. The second-order valence-electron chi connectivity index (χ2n) is 4.78. The van der Waals surface area contributed by atoms with Crippen LogP contribution in [0.2, 0.25) is 0 Å². The van der Waals surface area contributed by atoms with Crippen LogP contribution in [0.4, 0.5) is 4.39 Å². The van der Waals surface area contributed by atoms with E-state index in [0.29, 0.717) is 10.4 Å². The normalized spacial score (nSPS) is 19.7. The Hall–Kier alpha value is -2.65. The van der Waals surface area contributed by atoms with Crippen molar-refractivity contribution in [3.63, 3.8) is 0 Å². The van der Waals surface area contributed by atoms with Gasteiger partial charge >= 0.3 is 5.97 Å². The van der Waals surface area contributed by atoms with Crippen LogP contribution in [0, 0.1) is 17.1 Å². The Balaban J connectivity index is 2.45. The van der Waals surface area contributed by atoms with Gasteiger partial charge in [0.15, 0.2) is 5.41 Å². The number of ether oxygens (including phenoxy) is 1. The van der Waals surface area contributed by atoms with Crippen molar-refractivity contribution in [1.82, 2.24) is 0 Å². The molecule has 0 radical (unpaired) electrons. The van der Waals surface area contributed by atoms with Crippen LogP contribution >= 0.6 is 11.3 Å². The average molecular weight is 314 g/mol. The van der Waals surface area contributed by atoms with Crippen molar-refractivity contribution in [3.05, 3.63) is 63.1 Å². The summed E-state index contributed by atoms with van der Waals surface area (Å²) in [5, 5.41) is 11.7. The number of carbonyl (C=O) groups is 1. The van der Waals surface area contributed by atoms with Gasteiger partial charge in [0.1, 0.15) is 5.82 Å². The molecule has 2 N–H and O–H groups in total. The van der Waals surface area contributed by atoms with Crippen LogP contribution in [0.25, 0.3) is 5.70 Å². The van der Waals surface area contributed by atoms with Crippen molar-refractivity contribution >= 4 is 23.0 Å². The molecule has 1 aliphatic carbocycles. The fourth-order valence-corrected chi connectivity index (χ4v) is 3.75. The van der Waals surface area contributed by atoms with Gasteiger partial charge in [-0.3, -0.25) is 0 Å². The first-order valence-electron chi connectivity index (χ1n) is 6.41. The zero-order valence-electron chi connectivity index (χ0n) is 11.6. The van der Waals surface area contributed by atoms with Crippen molar-refractivity contribution in [2.75, 3.05) is 7.11 Å². The predicted octanol–water partition coefficient (Wildman–Crippen LogP) is 2.55. The minimum absolute atomic E-state index is 0.0277. The highest BCUT2D eigenvalue weighted by atomic mass is 32.1. The number of fused-ring (bicyclic) bond motifs is 1. The van der Waals surface area contributed by atoms with Gasteiger partial charge in [-0.25, -0.2) is 9.18 Å². The topological polar surface area (TPSA) is 76.1 Å². The quantitative estimate of drug-likeness (QED) is 0.864. The molecule has 0 bridgehead atoms. The summed E-state index contributed by atoms with van der Waals surface area (Å²) in [6.07, 6.45) is 0. The van der Waals surface area contributed by atoms with Crippen LogP contribution in [0.5, 0.6) is 0 Å². The minimum Gasteiger partial charge on any atom is -0.466 e. The molecule has 0 saturated heterocycles. The van der Waals surface area contributed by atoms with Gasteiger partial charge in [-0.1, -0.05) is 18.2 Å². The van der Waals surface area contributed by atoms with Crippen molar-refractivity contribution in [1.29, 1.82) is 5.26 Å². The van der Waals surface area contributed by atoms with Gasteiger partial charge in [0.2, 0.25) is 0 Å². The van der Waals surface area contributed by atoms with E-state index in [2.05, 4.69) is 6.07 Å². The fraction of sp³-hybridized carbons (Fsp3) is 0.125. The number of nitrogens with two attached hydrogens (primary N) is 1. The first-order valence-corrected chi connectivity index (χ1v) is 7.29. The largest absolute Gasteiger partial charge is 0.466 e. The number of hydrogen-bond acceptors (Lipinski definition) is 5. The van der Waals surface area contributed by atoms with Crippen molar-refractivity contribution in [2.45, 2.75) is 5.41 Å². The number of rotatable bonds is 2. The molecule has 0 saturated carbocycles. The van der Waals surface area contributed by atoms with E-state index >= 15 is 0 Å². The summed E-state index contributed by atoms with van der Waals surface area (Å²) >= 11 is 1.30. The van der Waals surface area contributed by atoms with Gasteiger partial charge in [-0.05, 0) is 23.1 Å². The predicted molar refractivity (Wildman–Crippen MR) is 80.2 cm³/mol. The molecule has 4 nitrogen and oxygen atoms in total. The molecule has 0 spiro atoms. The maximum atomic E-state index is 14.2. The molecule has 1 aromatic carbocycles. The number of esters is 1. The van der Waals surface area contributed by atoms with Gasteiger partial charge < -0.3 is 10.5 Å². The first kappa shape index (κ1) is 14.3. The molecule has 2 aromatic rings. The van der Waals surface area contributed by atoms with E-state index in [1.807, 2.05) is 0 Å². The summed E-state index contributed by atoms with van der Waals surface area (Å²) in [5.41, 5.74) is 4.97. The van der Waals surface area contributed by atoms with E-state index in [-0.39, 0.29) is 16.8 Å². The lowest BCUT2D eigenvalue weighted by molar-refractivity contribution is -0.136. The molecular weight excluding hydrogens is 303 g/mol. The van der Waals surface area contributed by atoms with E-state index in [0.717, 1.165) is 0 Å². The minimum atomic E-state index is -1.44. The molecule has 0 fully saturated rings.